The Labute approximate surface area is 206 Å². The van der Waals surface area contributed by atoms with Gasteiger partial charge in [-0.3, -0.25) is 10.1 Å². The fourth-order valence-electron chi connectivity index (χ4n) is 4.02. The van der Waals surface area contributed by atoms with Gasteiger partial charge < -0.3 is 15.1 Å². The van der Waals surface area contributed by atoms with Gasteiger partial charge in [-0.25, -0.2) is 0 Å². The van der Waals surface area contributed by atoms with Crippen LogP contribution in [0.2, 0.25) is 5.02 Å². The van der Waals surface area contributed by atoms with E-state index in [-0.39, 0.29) is 11.0 Å². The quantitative estimate of drug-likeness (QED) is 0.434. The molecular weight excluding hydrogens is 508 g/mol. The minimum absolute atomic E-state index is 0.234. The number of halogens is 2. The molecule has 1 aliphatic rings. The van der Waals surface area contributed by atoms with Crippen LogP contribution in [-0.2, 0) is 0 Å². The summed E-state index contributed by atoms with van der Waals surface area (Å²) in [4.78, 5) is 17.7. The van der Waals surface area contributed by atoms with E-state index in [4.69, 9.17) is 23.8 Å². The number of rotatable bonds is 4. The Morgan fingerprint density at radius 2 is 1.72 bits per heavy atom. The summed E-state index contributed by atoms with van der Waals surface area (Å²) in [5.41, 5.74) is 2.26. The van der Waals surface area contributed by atoms with E-state index in [0.717, 1.165) is 59.3 Å². The minimum Gasteiger partial charge on any atom is -0.366 e. The summed E-state index contributed by atoms with van der Waals surface area (Å²) in [6.07, 6.45) is 0. The number of fused-ring (bicyclic) bond motifs is 1. The smallest absolute Gasteiger partial charge is 0.258 e. The van der Waals surface area contributed by atoms with E-state index in [2.05, 4.69) is 43.3 Å². The molecule has 5 nitrogen and oxygen atoms in total. The van der Waals surface area contributed by atoms with E-state index in [0.29, 0.717) is 10.6 Å². The number of thiocarbonyl (C=S) groups is 1. The molecule has 8 heteroatoms. The second-order valence-corrected chi connectivity index (χ2v) is 9.28. The highest BCUT2D eigenvalue weighted by Gasteiger charge is 2.21. The van der Waals surface area contributed by atoms with E-state index in [1.807, 2.05) is 48.5 Å². The SMILES string of the molecule is CCN1CCN(c2c(Cl)cccc2NC(=S)NC(=O)c2cccc3c(Br)cccc23)CC1. The van der Waals surface area contributed by atoms with Crippen molar-refractivity contribution in [2.24, 2.45) is 0 Å². The van der Waals surface area contributed by atoms with Crippen LogP contribution in [0.15, 0.2) is 59.1 Å². The molecule has 1 amide bonds. The highest BCUT2D eigenvalue weighted by molar-refractivity contribution is 9.10. The van der Waals surface area contributed by atoms with Crippen molar-refractivity contribution in [1.82, 2.24) is 10.2 Å². The first-order chi connectivity index (χ1) is 15.5. The second kappa shape index (κ2) is 10.2. The molecule has 3 aromatic carbocycles. The third-order valence-corrected chi connectivity index (χ3v) is 6.91. The van der Waals surface area contributed by atoms with Gasteiger partial charge in [0.25, 0.3) is 5.91 Å². The molecule has 0 aromatic heterocycles. The van der Waals surface area contributed by atoms with E-state index in [1.54, 1.807) is 6.07 Å². The molecule has 0 atom stereocenters. The van der Waals surface area contributed by atoms with E-state index in [1.165, 1.54) is 0 Å². The number of benzene rings is 3. The van der Waals surface area contributed by atoms with E-state index >= 15 is 0 Å². The zero-order chi connectivity index (χ0) is 22.7. The predicted molar refractivity (Wildman–Crippen MR) is 141 cm³/mol. The molecule has 32 heavy (non-hydrogen) atoms. The summed E-state index contributed by atoms with van der Waals surface area (Å²) in [7, 11) is 0. The van der Waals surface area contributed by atoms with Gasteiger partial charge in [-0.1, -0.05) is 64.8 Å². The van der Waals surface area contributed by atoms with Crippen LogP contribution in [0.1, 0.15) is 17.3 Å². The van der Waals surface area contributed by atoms with Gasteiger partial charge in [0.05, 0.1) is 16.4 Å². The number of nitrogens with zero attached hydrogens (tertiary/aromatic N) is 2. The number of para-hydroxylation sites is 1. The standard InChI is InChI=1S/C24H24BrClN4OS/c1-2-29-12-14-30(15-13-29)22-20(26)10-5-11-21(22)27-24(32)28-23(31)18-8-3-7-17-16(18)6-4-9-19(17)25/h3-11H,2,12-15H2,1H3,(H2,27,28,31,32). The van der Waals surface area contributed by atoms with E-state index in [9.17, 15) is 4.79 Å². The van der Waals surface area contributed by atoms with Crippen molar-refractivity contribution in [3.05, 3.63) is 69.7 Å². The molecule has 0 aliphatic carbocycles. The van der Waals surface area contributed by atoms with Crippen LogP contribution in [0.25, 0.3) is 10.8 Å². The molecule has 1 saturated heterocycles. The largest absolute Gasteiger partial charge is 0.366 e. The van der Waals surface area contributed by atoms with Crippen molar-refractivity contribution in [3.8, 4) is 0 Å². The normalized spacial score (nSPS) is 14.4. The maximum absolute atomic E-state index is 13.0. The summed E-state index contributed by atoms with van der Waals surface area (Å²) >= 11 is 15.6. The van der Waals surface area contributed by atoms with E-state index < -0.39 is 0 Å². The number of anilines is 2. The minimum atomic E-state index is -0.258. The lowest BCUT2D eigenvalue weighted by Crippen LogP contribution is -2.46. The molecule has 1 heterocycles. The molecule has 3 aromatic rings. The maximum atomic E-state index is 13.0. The molecule has 166 valence electrons. The number of piperazine rings is 1. The van der Waals surface area contributed by atoms with Gasteiger partial charge in [0.2, 0.25) is 0 Å². The Bertz CT molecular complexity index is 1160. The number of hydrogen-bond donors (Lipinski definition) is 2. The van der Waals surface area contributed by atoms with Gasteiger partial charge in [0.15, 0.2) is 5.11 Å². The topological polar surface area (TPSA) is 47.6 Å². The van der Waals surface area contributed by atoms with Gasteiger partial charge in [-0.15, -0.1) is 0 Å². The van der Waals surface area contributed by atoms with Crippen molar-refractivity contribution in [2.45, 2.75) is 6.92 Å². The van der Waals surface area contributed by atoms with Crippen LogP contribution in [0, 0.1) is 0 Å². The van der Waals surface area contributed by atoms with Crippen LogP contribution in [0.4, 0.5) is 11.4 Å². The average molecular weight is 532 g/mol. The van der Waals surface area contributed by atoms with Crippen molar-refractivity contribution in [3.63, 3.8) is 0 Å². The van der Waals surface area contributed by atoms with Crippen molar-refractivity contribution in [2.75, 3.05) is 42.9 Å². The third kappa shape index (κ3) is 4.91. The summed E-state index contributed by atoms with van der Waals surface area (Å²) < 4.78 is 0.942. The summed E-state index contributed by atoms with van der Waals surface area (Å²) in [5.74, 6) is -0.258. The molecule has 2 N–H and O–H groups in total. The van der Waals surface area contributed by atoms with Gasteiger partial charge in [0.1, 0.15) is 0 Å². The molecule has 0 bridgehead atoms. The predicted octanol–water partition coefficient (Wildman–Crippen LogP) is 5.52. The lowest BCUT2D eigenvalue weighted by atomic mass is 10.0. The zero-order valence-corrected chi connectivity index (χ0v) is 20.9. The molecule has 1 aliphatic heterocycles. The first-order valence-corrected chi connectivity index (χ1v) is 12.1. The van der Waals surface area contributed by atoms with Crippen LogP contribution < -0.4 is 15.5 Å². The zero-order valence-electron chi connectivity index (χ0n) is 17.7. The van der Waals surface area contributed by atoms with Gasteiger partial charge in [-0.05, 0) is 53.8 Å². The van der Waals surface area contributed by atoms with Gasteiger partial charge >= 0.3 is 0 Å². The van der Waals surface area contributed by atoms with Crippen LogP contribution in [0.3, 0.4) is 0 Å². The molecular formula is C24H24BrClN4OS. The highest BCUT2D eigenvalue weighted by atomic mass is 79.9. The summed E-state index contributed by atoms with van der Waals surface area (Å²) in [6.45, 7) is 6.96. The molecule has 0 saturated carbocycles. The Morgan fingerprint density at radius 3 is 2.47 bits per heavy atom. The van der Waals surface area contributed by atoms with Crippen molar-refractivity contribution < 1.29 is 4.79 Å². The summed E-state index contributed by atoms with van der Waals surface area (Å²) in [6, 6.07) is 17.1. The Hall–Kier alpha value is -2.19. The molecule has 0 spiro atoms. The molecule has 0 radical (unpaired) electrons. The Kier molecular flexibility index (Phi) is 7.30. The third-order valence-electron chi connectivity index (χ3n) is 5.71. The van der Waals surface area contributed by atoms with Crippen LogP contribution >= 0.6 is 39.7 Å². The lowest BCUT2D eigenvalue weighted by Gasteiger charge is -2.37. The van der Waals surface area contributed by atoms with Crippen LogP contribution in [0.5, 0.6) is 0 Å². The fraction of sp³-hybridized carbons (Fsp3) is 0.250. The Morgan fingerprint density at radius 1 is 1.03 bits per heavy atom. The lowest BCUT2D eigenvalue weighted by molar-refractivity contribution is 0.0979. The van der Waals surface area contributed by atoms with Crippen LogP contribution in [-0.4, -0.2) is 48.6 Å². The first-order valence-electron chi connectivity index (χ1n) is 10.5. The number of nitrogens with one attached hydrogen (secondary N) is 2. The maximum Gasteiger partial charge on any atom is 0.258 e. The van der Waals surface area contributed by atoms with Crippen molar-refractivity contribution >= 4 is 72.9 Å². The number of carbonyl (C=O) groups is 1. The monoisotopic (exact) mass is 530 g/mol. The second-order valence-electron chi connectivity index (χ2n) is 7.61. The number of carbonyl (C=O) groups excluding carboxylic acids is 1. The number of amides is 1. The number of likely N-dealkylation sites (N-methyl/N-ethyl adjacent to an activating group) is 1. The highest BCUT2D eigenvalue weighted by Crippen LogP contribution is 2.34. The fourth-order valence-corrected chi connectivity index (χ4v) is 5.01. The summed E-state index contributed by atoms with van der Waals surface area (Å²) in [5, 5.41) is 8.73. The van der Waals surface area contributed by atoms with Crippen molar-refractivity contribution in [1.29, 1.82) is 0 Å². The molecule has 1 fully saturated rings. The van der Waals surface area contributed by atoms with Gasteiger partial charge in [0, 0.05) is 36.2 Å². The number of hydrogen-bond acceptors (Lipinski definition) is 4. The molecule has 4 rings (SSSR count). The average Bonchev–Trinajstić information content (AvgIpc) is 2.79. The Balaban J connectivity index is 1.51. The van der Waals surface area contributed by atoms with Gasteiger partial charge in [-0.2, -0.15) is 0 Å². The first kappa shape index (κ1) is 23.0. The molecule has 0 unspecified atom stereocenters.